The number of nitrogens with zero attached hydrogens (tertiary/aromatic N) is 4. The Balaban J connectivity index is 1.42. The zero-order valence-electron chi connectivity index (χ0n) is 17.9. The van der Waals surface area contributed by atoms with Gasteiger partial charge in [-0.05, 0) is 44.0 Å². The molecule has 1 aliphatic heterocycles. The van der Waals surface area contributed by atoms with Crippen molar-refractivity contribution < 1.29 is 14.0 Å². The number of hydrogen-bond acceptors (Lipinski definition) is 5. The Morgan fingerprint density at radius 2 is 1.91 bits per heavy atom. The highest BCUT2D eigenvalue weighted by molar-refractivity contribution is 7.99. The van der Waals surface area contributed by atoms with Gasteiger partial charge in [-0.1, -0.05) is 42.1 Å². The molecule has 1 aromatic heterocycles. The van der Waals surface area contributed by atoms with Crippen LogP contribution in [-0.2, 0) is 17.8 Å². The lowest BCUT2D eigenvalue weighted by atomic mass is 10.2. The zero-order chi connectivity index (χ0) is 22.7. The molecular weight excluding hydrogens is 429 g/mol. The van der Waals surface area contributed by atoms with Crippen molar-refractivity contribution in [2.24, 2.45) is 0 Å². The molecule has 32 heavy (non-hydrogen) atoms. The van der Waals surface area contributed by atoms with Crippen LogP contribution in [0.2, 0.25) is 0 Å². The summed E-state index contributed by atoms with van der Waals surface area (Å²) < 4.78 is 15.8. The molecule has 1 N–H and O–H groups in total. The highest BCUT2D eigenvalue weighted by Crippen LogP contribution is 2.29. The fourth-order valence-electron chi connectivity index (χ4n) is 3.81. The first-order valence-electron chi connectivity index (χ1n) is 10.5. The number of hydrogen-bond donors (Lipinski definition) is 1. The summed E-state index contributed by atoms with van der Waals surface area (Å²) >= 11 is 1.32. The Morgan fingerprint density at radius 1 is 1.16 bits per heavy atom. The van der Waals surface area contributed by atoms with Crippen LogP contribution >= 0.6 is 11.8 Å². The fourth-order valence-corrected chi connectivity index (χ4v) is 4.70. The summed E-state index contributed by atoms with van der Waals surface area (Å²) in [5.74, 6) is -0.278. The maximum Gasteiger partial charge on any atom is 0.254 e. The molecule has 0 bridgehead atoms. The van der Waals surface area contributed by atoms with E-state index in [1.807, 2.05) is 40.7 Å². The number of aromatic nitrogens is 3. The molecule has 1 unspecified atom stereocenters. The van der Waals surface area contributed by atoms with Crippen LogP contribution in [0.15, 0.2) is 53.7 Å². The Hall–Kier alpha value is -3.20. The van der Waals surface area contributed by atoms with Crippen LogP contribution in [0.5, 0.6) is 0 Å². The summed E-state index contributed by atoms with van der Waals surface area (Å²) in [6, 6.07) is 13.3. The van der Waals surface area contributed by atoms with Crippen LogP contribution in [0, 0.1) is 5.82 Å². The third kappa shape index (κ3) is 4.38. The quantitative estimate of drug-likeness (QED) is 0.553. The van der Waals surface area contributed by atoms with Crippen molar-refractivity contribution in [2.75, 3.05) is 17.2 Å². The van der Waals surface area contributed by atoms with Crippen molar-refractivity contribution in [3.63, 3.8) is 0 Å². The minimum atomic E-state index is -0.576. The highest BCUT2D eigenvalue weighted by Gasteiger charge is 2.25. The number of nitrogens with one attached hydrogen (secondary N) is 1. The minimum absolute atomic E-state index is 0.0204. The average Bonchev–Trinajstić information content (AvgIpc) is 3.41. The first-order chi connectivity index (χ1) is 15.5. The lowest BCUT2D eigenvalue weighted by Gasteiger charge is -2.17. The third-order valence-electron chi connectivity index (χ3n) is 5.43. The number of fused-ring (bicyclic) bond motifs is 1. The second kappa shape index (κ2) is 9.52. The summed E-state index contributed by atoms with van der Waals surface area (Å²) in [5, 5.41) is 11.8. The standard InChI is InChI=1S/C23H24FN5O2S/c1-3-28-21(15(2)25-22(31)17-9-5-6-10-18(17)24)26-27-23(28)32-14-20(30)29-13-12-16-8-4-7-11-19(16)29/h4-11,15H,3,12-14H2,1-2H3,(H,25,31). The van der Waals surface area contributed by atoms with Gasteiger partial charge in [-0.2, -0.15) is 0 Å². The first kappa shape index (κ1) is 22.0. The van der Waals surface area contributed by atoms with Crippen LogP contribution in [0.25, 0.3) is 0 Å². The van der Waals surface area contributed by atoms with Gasteiger partial charge in [-0.3, -0.25) is 9.59 Å². The van der Waals surface area contributed by atoms with Gasteiger partial charge in [0.05, 0.1) is 17.4 Å². The molecule has 0 fully saturated rings. The molecule has 3 aromatic rings. The van der Waals surface area contributed by atoms with Gasteiger partial charge in [0.25, 0.3) is 5.91 Å². The van der Waals surface area contributed by atoms with E-state index in [9.17, 15) is 14.0 Å². The molecule has 0 radical (unpaired) electrons. The number of benzene rings is 2. The predicted molar refractivity (Wildman–Crippen MR) is 121 cm³/mol. The molecule has 9 heteroatoms. The smallest absolute Gasteiger partial charge is 0.254 e. The predicted octanol–water partition coefficient (Wildman–Crippen LogP) is 3.61. The van der Waals surface area contributed by atoms with Crippen molar-refractivity contribution in [1.82, 2.24) is 20.1 Å². The van der Waals surface area contributed by atoms with Crippen LogP contribution in [0.1, 0.15) is 41.6 Å². The van der Waals surface area contributed by atoms with Crippen molar-refractivity contribution in [3.8, 4) is 0 Å². The number of anilines is 1. The summed E-state index contributed by atoms with van der Waals surface area (Å²) in [6.07, 6.45) is 0.862. The molecule has 0 saturated heterocycles. The molecule has 2 amide bonds. The number of carbonyl (C=O) groups is 2. The molecule has 0 spiro atoms. The van der Waals surface area contributed by atoms with Crippen LogP contribution in [-0.4, -0.2) is 38.9 Å². The summed E-state index contributed by atoms with van der Waals surface area (Å²) in [5.41, 5.74) is 2.14. The molecule has 1 aliphatic rings. The van der Waals surface area contributed by atoms with Crippen LogP contribution in [0.3, 0.4) is 0 Å². The summed E-state index contributed by atoms with van der Waals surface area (Å²) in [6.45, 7) is 4.98. The maximum atomic E-state index is 13.9. The van der Waals surface area contributed by atoms with Gasteiger partial charge in [0, 0.05) is 18.8 Å². The van der Waals surface area contributed by atoms with E-state index in [1.54, 1.807) is 13.0 Å². The number of carbonyl (C=O) groups excluding carboxylic acids is 2. The Labute approximate surface area is 190 Å². The SMILES string of the molecule is CCn1c(SCC(=O)N2CCc3ccccc32)nnc1C(C)NC(=O)c1ccccc1F. The lowest BCUT2D eigenvalue weighted by molar-refractivity contribution is -0.116. The van der Waals surface area contributed by atoms with Crippen LogP contribution < -0.4 is 10.2 Å². The molecule has 2 aromatic carbocycles. The van der Waals surface area contributed by atoms with E-state index in [1.165, 1.54) is 35.5 Å². The van der Waals surface area contributed by atoms with Crippen molar-refractivity contribution in [2.45, 2.75) is 38.0 Å². The Kier molecular flexibility index (Phi) is 6.55. The maximum absolute atomic E-state index is 13.9. The lowest BCUT2D eigenvalue weighted by Crippen LogP contribution is -2.30. The van der Waals surface area contributed by atoms with Gasteiger partial charge in [0.1, 0.15) is 5.82 Å². The van der Waals surface area contributed by atoms with Gasteiger partial charge < -0.3 is 14.8 Å². The largest absolute Gasteiger partial charge is 0.342 e. The van der Waals surface area contributed by atoms with Gasteiger partial charge in [0.2, 0.25) is 5.91 Å². The molecule has 0 aliphatic carbocycles. The van der Waals surface area contributed by atoms with Crippen molar-refractivity contribution in [1.29, 1.82) is 0 Å². The van der Waals surface area contributed by atoms with Crippen molar-refractivity contribution in [3.05, 3.63) is 71.3 Å². The molecule has 7 nitrogen and oxygen atoms in total. The molecule has 1 atom stereocenters. The number of para-hydroxylation sites is 1. The molecule has 166 valence electrons. The van der Waals surface area contributed by atoms with Gasteiger partial charge >= 0.3 is 0 Å². The second-order valence-corrected chi connectivity index (χ2v) is 8.42. The Bertz CT molecular complexity index is 1150. The highest BCUT2D eigenvalue weighted by atomic mass is 32.2. The molecule has 0 saturated carbocycles. The van der Waals surface area contributed by atoms with Gasteiger partial charge in [-0.15, -0.1) is 10.2 Å². The average molecular weight is 454 g/mol. The fraction of sp³-hybridized carbons (Fsp3) is 0.304. The van der Waals surface area contributed by atoms with E-state index >= 15 is 0 Å². The number of halogens is 1. The molecular formula is C23H24FN5O2S. The van der Waals surface area contributed by atoms with E-state index in [0.717, 1.165) is 12.1 Å². The Morgan fingerprint density at radius 3 is 2.69 bits per heavy atom. The number of thioether (sulfide) groups is 1. The van der Waals surface area contributed by atoms with Gasteiger partial charge in [-0.25, -0.2) is 4.39 Å². The topological polar surface area (TPSA) is 80.1 Å². The normalized spacial score (nSPS) is 13.7. The monoisotopic (exact) mass is 453 g/mol. The first-order valence-corrected chi connectivity index (χ1v) is 11.5. The number of amides is 2. The molecule has 2 heterocycles. The zero-order valence-corrected chi connectivity index (χ0v) is 18.7. The summed E-state index contributed by atoms with van der Waals surface area (Å²) in [4.78, 5) is 27.1. The van der Waals surface area contributed by atoms with E-state index in [0.29, 0.717) is 24.1 Å². The van der Waals surface area contributed by atoms with Gasteiger partial charge in [0.15, 0.2) is 11.0 Å². The van der Waals surface area contributed by atoms with E-state index in [2.05, 4.69) is 15.5 Å². The second-order valence-electron chi connectivity index (χ2n) is 7.47. The van der Waals surface area contributed by atoms with Crippen molar-refractivity contribution >= 4 is 29.3 Å². The molecule has 4 rings (SSSR count). The van der Waals surface area contributed by atoms with E-state index in [4.69, 9.17) is 0 Å². The van der Waals surface area contributed by atoms with E-state index in [-0.39, 0.29) is 17.2 Å². The third-order valence-corrected chi connectivity index (χ3v) is 6.38. The van der Waals surface area contributed by atoms with E-state index < -0.39 is 17.8 Å². The number of rotatable bonds is 7. The summed E-state index contributed by atoms with van der Waals surface area (Å²) in [7, 11) is 0. The minimum Gasteiger partial charge on any atom is -0.342 e. The van der Waals surface area contributed by atoms with Crippen LogP contribution in [0.4, 0.5) is 10.1 Å².